The molecule has 0 aromatic heterocycles. The van der Waals surface area contributed by atoms with Gasteiger partial charge in [0.15, 0.2) is 0 Å². The summed E-state index contributed by atoms with van der Waals surface area (Å²) in [6, 6.07) is 8.13. The van der Waals surface area contributed by atoms with Gasteiger partial charge in [0.2, 0.25) is 5.91 Å². The summed E-state index contributed by atoms with van der Waals surface area (Å²) in [4.78, 5) is 14.9. The maximum Gasteiger partial charge on any atom is 0.234 e. The lowest BCUT2D eigenvalue weighted by Crippen LogP contribution is -2.45. The Morgan fingerprint density at radius 3 is 2.63 bits per heavy atom. The molecule has 1 saturated heterocycles. The van der Waals surface area contributed by atoms with Crippen molar-refractivity contribution in [3.8, 4) is 0 Å². The van der Waals surface area contributed by atoms with E-state index in [1.54, 1.807) is 0 Å². The number of anilines is 1. The van der Waals surface area contributed by atoms with E-state index in [9.17, 15) is 4.79 Å². The predicted octanol–water partition coefficient (Wildman–Crippen LogP) is 2.74. The molecule has 1 atom stereocenters. The van der Waals surface area contributed by atoms with E-state index < -0.39 is 0 Å². The van der Waals surface area contributed by atoms with Gasteiger partial charge in [0.1, 0.15) is 0 Å². The Bertz CT molecular complexity index is 450. The van der Waals surface area contributed by atoms with Crippen molar-refractivity contribution in [2.75, 3.05) is 24.5 Å². The Labute approximate surface area is 116 Å². The van der Waals surface area contributed by atoms with Gasteiger partial charge in [0, 0.05) is 18.8 Å². The molecule has 1 aliphatic heterocycles. The van der Waals surface area contributed by atoms with Crippen LogP contribution in [0.5, 0.6) is 0 Å². The van der Waals surface area contributed by atoms with Crippen LogP contribution in [-0.4, -0.2) is 25.5 Å². The highest BCUT2D eigenvalue weighted by Crippen LogP contribution is 2.34. The summed E-state index contributed by atoms with van der Waals surface area (Å²) in [5.74, 6) is 0.275. The maximum absolute atomic E-state index is 13.0. The zero-order valence-electron chi connectivity index (χ0n) is 12.2. The largest absolute Gasteiger partial charge is 0.316 e. The molecule has 0 aliphatic carbocycles. The Balaban J connectivity index is 2.32. The third-order valence-electron chi connectivity index (χ3n) is 4.34. The van der Waals surface area contributed by atoms with E-state index in [0.717, 1.165) is 43.7 Å². The van der Waals surface area contributed by atoms with E-state index in [2.05, 4.69) is 32.2 Å². The lowest BCUT2D eigenvalue weighted by Gasteiger charge is -2.33. The molecule has 1 aromatic carbocycles. The predicted molar refractivity (Wildman–Crippen MR) is 79.4 cm³/mol. The molecule has 1 unspecified atom stereocenters. The van der Waals surface area contributed by atoms with E-state index in [1.807, 2.05) is 23.1 Å². The number of carbonyl (C=O) groups is 1. The van der Waals surface area contributed by atoms with E-state index in [4.69, 9.17) is 0 Å². The topological polar surface area (TPSA) is 32.3 Å². The van der Waals surface area contributed by atoms with Gasteiger partial charge in [-0.15, -0.1) is 0 Å². The van der Waals surface area contributed by atoms with E-state index >= 15 is 0 Å². The molecule has 1 aromatic rings. The van der Waals surface area contributed by atoms with Gasteiger partial charge in [-0.05, 0) is 44.9 Å². The second-order valence-electron chi connectivity index (χ2n) is 5.40. The first-order chi connectivity index (χ1) is 9.14. The summed E-state index contributed by atoms with van der Waals surface area (Å²) in [5, 5.41) is 3.34. The van der Waals surface area contributed by atoms with Gasteiger partial charge in [0.25, 0.3) is 0 Å². The fourth-order valence-electron chi connectivity index (χ4n) is 2.96. The second-order valence-corrected chi connectivity index (χ2v) is 5.40. The monoisotopic (exact) mass is 260 g/mol. The quantitative estimate of drug-likeness (QED) is 0.903. The van der Waals surface area contributed by atoms with Gasteiger partial charge < -0.3 is 10.2 Å². The molecule has 0 radical (unpaired) electrons. The number of hydrogen-bond acceptors (Lipinski definition) is 2. The molecule has 3 heteroatoms. The van der Waals surface area contributed by atoms with Crippen molar-refractivity contribution in [3.63, 3.8) is 0 Å². The molecule has 0 spiro atoms. The molecule has 0 saturated carbocycles. The van der Waals surface area contributed by atoms with Crippen molar-refractivity contribution in [1.29, 1.82) is 0 Å². The third kappa shape index (κ3) is 2.52. The highest BCUT2D eigenvalue weighted by atomic mass is 16.2. The number of aryl methyl sites for hydroxylation is 1. The minimum absolute atomic E-state index is 0.210. The fourth-order valence-corrected chi connectivity index (χ4v) is 2.96. The summed E-state index contributed by atoms with van der Waals surface area (Å²) in [7, 11) is 0. The minimum atomic E-state index is -0.210. The van der Waals surface area contributed by atoms with Crippen LogP contribution in [-0.2, 0) is 4.79 Å². The maximum atomic E-state index is 13.0. The normalized spacial score (nSPS) is 22.5. The summed E-state index contributed by atoms with van der Waals surface area (Å²) < 4.78 is 0. The lowest BCUT2D eigenvalue weighted by atomic mass is 9.82. The van der Waals surface area contributed by atoms with Crippen LogP contribution in [0.15, 0.2) is 24.3 Å². The van der Waals surface area contributed by atoms with Crippen molar-refractivity contribution >= 4 is 11.6 Å². The first kappa shape index (κ1) is 14.1. The summed E-state index contributed by atoms with van der Waals surface area (Å²) in [6.45, 7) is 8.73. The molecular weight excluding hydrogens is 236 g/mol. The van der Waals surface area contributed by atoms with Crippen LogP contribution >= 0.6 is 0 Å². The number of nitrogens with one attached hydrogen (secondary N) is 1. The highest BCUT2D eigenvalue weighted by molar-refractivity contribution is 5.98. The molecule has 1 amide bonds. The lowest BCUT2D eigenvalue weighted by molar-refractivity contribution is -0.127. The van der Waals surface area contributed by atoms with Gasteiger partial charge in [-0.1, -0.05) is 25.1 Å². The molecular formula is C16H24N2O. The molecule has 19 heavy (non-hydrogen) atoms. The molecule has 2 rings (SSSR count). The summed E-state index contributed by atoms with van der Waals surface area (Å²) in [5.41, 5.74) is 2.00. The number of benzene rings is 1. The van der Waals surface area contributed by atoms with Crippen LogP contribution < -0.4 is 10.2 Å². The number of nitrogens with zero attached hydrogens (tertiary/aromatic N) is 1. The van der Waals surface area contributed by atoms with E-state index in [1.165, 1.54) is 0 Å². The first-order valence-corrected chi connectivity index (χ1v) is 7.23. The van der Waals surface area contributed by atoms with Crippen molar-refractivity contribution in [3.05, 3.63) is 29.8 Å². The van der Waals surface area contributed by atoms with Gasteiger partial charge in [0.05, 0.1) is 5.41 Å². The van der Waals surface area contributed by atoms with Crippen LogP contribution in [0.25, 0.3) is 0 Å². The van der Waals surface area contributed by atoms with E-state index in [0.29, 0.717) is 0 Å². The van der Waals surface area contributed by atoms with Gasteiger partial charge in [-0.25, -0.2) is 0 Å². The van der Waals surface area contributed by atoms with Gasteiger partial charge in [-0.2, -0.15) is 0 Å². The van der Waals surface area contributed by atoms with Crippen LogP contribution in [0.3, 0.4) is 0 Å². The molecule has 104 valence electrons. The third-order valence-corrected chi connectivity index (χ3v) is 4.34. The summed E-state index contributed by atoms with van der Waals surface area (Å²) >= 11 is 0. The van der Waals surface area contributed by atoms with Crippen molar-refractivity contribution in [2.24, 2.45) is 5.41 Å². The molecule has 1 heterocycles. The fraction of sp³-hybridized carbons (Fsp3) is 0.562. The molecule has 1 aliphatic rings. The molecule has 1 N–H and O–H groups in total. The molecule has 0 bridgehead atoms. The van der Waals surface area contributed by atoms with Crippen LogP contribution in [0.1, 0.15) is 32.3 Å². The average Bonchev–Trinajstić information content (AvgIpc) is 2.91. The first-order valence-electron chi connectivity index (χ1n) is 7.23. The Morgan fingerprint density at radius 2 is 2.11 bits per heavy atom. The highest BCUT2D eigenvalue weighted by Gasteiger charge is 2.42. The standard InChI is InChI=1S/C16H24N2O/c1-4-16(10-11-17-12-16)15(19)18(5-2)14-9-7-6-8-13(14)3/h6-9,17H,4-5,10-12H2,1-3H3. The van der Waals surface area contributed by atoms with Crippen molar-refractivity contribution < 1.29 is 4.79 Å². The Morgan fingerprint density at radius 1 is 1.37 bits per heavy atom. The number of para-hydroxylation sites is 1. The zero-order valence-corrected chi connectivity index (χ0v) is 12.2. The SMILES string of the molecule is CCN(C(=O)C1(CC)CCNC1)c1ccccc1C. The average molecular weight is 260 g/mol. The number of amides is 1. The number of rotatable bonds is 4. The summed E-state index contributed by atoms with van der Waals surface area (Å²) in [6.07, 6.45) is 1.85. The van der Waals surface area contributed by atoms with Gasteiger partial charge >= 0.3 is 0 Å². The Hall–Kier alpha value is -1.35. The van der Waals surface area contributed by atoms with Crippen LogP contribution in [0.2, 0.25) is 0 Å². The smallest absolute Gasteiger partial charge is 0.234 e. The molecule has 1 fully saturated rings. The van der Waals surface area contributed by atoms with Crippen LogP contribution in [0, 0.1) is 12.3 Å². The second kappa shape index (κ2) is 5.74. The minimum Gasteiger partial charge on any atom is -0.316 e. The Kier molecular flexibility index (Phi) is 4.25. The van der Waals surface area contributed by atoms with Crippen molar-refractivity contribution in [1.82, 2.24) is 5.32 Å². The molecule has 3 nitrogen and oxygen atoms in total. The van der Waals surface area contributed by atoms with Crippen molar-refractivity contribution in [2.45, 2.75) is 33.6 Å². The number of carbonyl (C=O) groups excluding carboxylic acids is 1. The zero-order chi connectivity index (χ0) is 13.9. The van der Waals surface area contributed by atoms with E-state index in [-0.39, 0.29) is 11.3 Å². The number of hydrogen-bond donors (Lipinski definition) is 1. The van der Waals surface area contributed by atoms with Gasteiger partial charge in [-0.3, -0.25) is 4.79 Å². The van der Waals surface area contributed by atoms with Crippen LogP contribution in [0.4, 0.5) is 5.69 Å².